The average Bonchev–Trinajstić information content (AvgIpc) is 2.38. The number of morpholine rings is 1. The molecule has 19 heavy (non-hydrogen) atoms. The van der Waals surface area contributed by atoms with Gasteiger partial charge in [0.25, 0.3) is 0 Å². The maximum Gasteiger partial charge on any atom is 0.129 e. The second-order valence-corrected chi connectivity index (χ2v) is 5.99. The van der Waals surface area contributed by atoms with Crippen LogP contribution < -0.4 is 4.90 Å². The molecule has 0 amide bonds. The summed E-state index contributed by atoms with van der Waals surface area (Å²) in [6, 6.07) is 4.23. The lowest BCUT2D eigenvalue weighted by molar-refractivity contribution is 0.0639. The van der Waals surface area contributed by atoms with Gasteiger partial charge in [0.1, 0.15) is 5.82 Å². The molecule has 0 aliphatic carbocycles. The van der Waals surface area contributed by atoms with Gasteiger partial charge < -0.3 is 9.64 Å². The van der Waals surface area contributed by atoms with Crippen molar-refractivity contribution in [2.45, 2.75) is 45.0 Å². The molecule has 4 heteroatoms. The lowest BCUT2D eigenvalue weighted by Gasteiger charge is -2.43. The van der Waals surface area contributed by atoms with Crippen LogP contribution in [0, 0.1) is 0 Å². The number of aryl methyl sites for hydroxylation is 1. The van der Waals surface area contributed by atoms with E-state index in [4.69, 9.17) is 21.3 Å². The molecule has 0 saturated carbocycles. The Labute approximate surface area is 120 Å². The molecule has 1 saturated heterocycles. The topological polar surface area (TPSA) is 25.4 Å². The van der Waals surface area contributed by atoms with Crippen molar-refractivity contribution in [3.8, 4) is 0 Å². The third kappa shape index (κ3) is 3.40. The monoisotopic (exact) mass is 282 g/mol. The van der Waals surface area contributed by atoms with Crippen LogP contribution in [0.25, 0.3) is 0 Å². The number of hydrogen-bond acceptors (Lipinski definition) is 3. The van der Waals surface area contributed by atoms with E-state index in [1.807, 2.05) is 0 Å². The van der Waals surface area contributed by atoms with Crippen LogP contribution in [0.1, 0.15) is 38.4 Å². The highest BCUT2D eigenvalue weighted by molar-refractivity contribution is 6.17. The highest BCUT2D eigenvalue weighted by atomic mass is 35.5. The van der Waals surface area contributed by atoms with E-state index in [0.717, 1.165) is 49.7 Å². The second kappa shape index (κ2) is 6.10. The van der Waals surface area contributed by atoms with Crippen LogP contribution in [0.2, 0.25) is 0 Å². The van der Waals surface area contributed by atoms with Crippen molar-refractivity contribution in [1.82, 2.24) is 4.98 Å². The number of pyridine rings is 1. The zero-order valence-corrected chi connectivity index (χ0v) is 12.8. The quantitative estimate of drug-likeness (QED) is 0.792. The molecule has 0 aromatic carbocycles. The Morgan fingerprint density at radius 1 is 1.42 bits per heavy atom. The maximum atomic E-state index is 6.01. The fraction of sp³-hybridized carbons (Fsp3) is 0.667. The van der Waals surface area contributed by atoms with Gasteiger partial charge in [-0.2, -0.15) is 0 Å². The number of rotatable bonds is 4. The van der Waals surface area contributed by atoms with Crippen molar-refractivity contribution in [3.05, 3.63) is 23.4 Å². The maximum absolute atomic E-state index is 6.01. The van der Waals surface area contributed by atoms with Crippen LogP contribution in [0.3, 0.4) is 0 Å². The molecule has 0 spiro atoms. The van der Waals surface area contributed by atoms with E-state index < -0.39 is 0 Å². The van der Waals surface area contributed by atoms with E-state index in [2.05, 4.69) is 37.8 Å². The molecule has 0 bridgehead atoms. The van der Waals surface area contributed by atoms with Crippen molar-refractivity contribution < 1.29 is 4.74 Å². The van der Waals surface area contributed by atoms with Crippen molar-refractivity contribution in [3.63, 3.8) is 0 Å². The Bertz CT molecular complexity index is 434. The zero-order valence-electron chi connectivity index (χ0n) is 12.1. The summed E-state index contributed by atoms with van der Waals surface area (Å²) in [5.41, 5.74) is 2.27. The summed E-state index contributed by atoms with van der Waals surface area (Å²) in [5, 5.41) is 0. The summed E-state index contributed by atoms with van der Waals surface area (Å²) in [6.07, 6.45) is 2.10. The summed E-state index contributed by atoms with van der Waals surface area (Å²) >= 11 is 6.01. The van der Waals surface area contributed by atoms with Gasteiger partial charge in [-0.1, -0.05) is 13.3 Å². The largest absolute Gasteiger partial charge is 0.377 e. The number of nitrogens with zero attached hydrogens (tertiary/aromatic N) is 2. The van der Waals surface area contributed by atoms with Gasteiger partial charge in [-0.05, 0) is 38.0 Å². The molecular formula is C15H23ClN2O. The number of halogens is 1. The smallest absolute Gasteiger partial charge is 0.129 e. The summed E-state index contributed by atoms with van der Waals surface area (Å²) in [6.45, 7) is 8.95. The van der Waals surface area contributed by atoms with E-state index in [1.54, 1.807) is 0 Å². The fourth-order valence-electron chi connectivity index (χ4n) is 2.52. The van der Waals surface area contributed by atoms with E-state index >= 15 is 0 Å². The first-order valence-electron chi connectivity index (χ1n) is 6.98. The molecule has 0 N–H and O–H groups in total. The van der Waals surface area contributed by atoms with Crippen LogP contribution in [0.15, 0.2) is 12.1 Å². The predicted octanol–water partition coefficient (Wildman–Crippen LogP) is 3.39. The number of aromatic nitrogens is 1. The van der Waals surface area contributed by atoms with Gasteiger partial charge in [0.15, 0.2) is 0 Å². The highest BCUT2D eigenvalue weighted by Gasteiger charge is 2.31. The number of anilines is 1. The molecular weight excluding hydrogens is 260 g/mol. The Balaban J connectivity index is 2.34. The van der Waals surface area contributed by atoms with Gasteiger partial charge in [0, 0.05) is 18.1 Å². The van der Waals surface area contributed by atoms with Crippen LogP contribution in [-0.2, 0) is 17.0 Å². The number of hydrogen-bond donors (Lipinski definition) is 0. The number of alkyl halides is 1. The highest BCUT2D eigenvalue weighted by Crippen LogP contribution is 2.27. The zero-order chi connectivity index (χ0) is 13.9. The van der Waals surface area contributed by atoms with Gasteiger partial charge in [-0.3, -0.25) is 0 Å². The number of ether oxygens (including phenoxy) is 1. The molecule has 106 valence electrons. The summed E-state index contributed by atoms with van der Waals surface area (Å²) in [5.74, 6) is 1.58. The molecule has 0 atom stereocenters. The van der Waals surface area contributed by atoms with Crippen LogP contribution >= 0.6 is 11.6 Å². The Morgan fingerprint density at radius 3 is 2.84 bits per heavy atom. The lowest BCUT2D eigenvalue weighted by Crippen LogP contribution is -2.53. The average molecular weight is 283 g/mol. The van der Waals surface area contributed by atoms with Gasteiger partial charge in [0.2, 0.25) is 0 Å². The molecule has 2 rings (SSSR count). The van der Waals surface area contributed by atoms with Crippen molar-refractivity contribution in [1.29, 1.82) is 0 Å². The molecule has 3 nitrogen and oxygen atoms in total. The molecule has 1 aromatic heterocycles. The van der Waals surface area contributed by atoms with E-state index in [0.29, 0.717) is 5.88 Å². The lowest BCUT2D eigenvalue weighted by atomic mass is 10.0. The standard InChI is InChI=1S/C15H23ClN2O/c1-4-5-13-8-12(10-16)9-14(17-13)18-6-7-19-11-15(18,2)3/h8-9H,4-7,10-11H2,1-3H3. The van der Waals surface area contributed by atoms with E-state index in [-0.39, 0.29) is 5.54 Å². The third-order valence-electron chi connectivity index (χ3n) is 3.51. The summed E-state index contributed by atoms with van der Waals surface area (Å²) in [4.78, 5) is 7.14. The molecule has 1 fully saturated rings. The molecule has 1 aromatic rings. The summed E-state index contributed by atoms with van der Waals surface area (Å²) < 4.78 is 5.58. The van der Waals surface area contributed by atoms with Crippen molar-refractivity contribution in [2.75, 3.05) is 24.7 Å². The third-order valence-corrected chi connectivity index (χ3v) is 3.82. The van der Waals surface area contributed by atoms with Crippen molar-refractivity contribution >= 4 is 17.4 Å². The fourth-order valence-corrected chi connectivity index (χ4v) is 2.67. The SMILES string of the molecule is CCCc1cc(CCl)cc(N2CCOCC2(C)C)n1. The molecule has 2 heterocycles. The van der Waals surface area contributed by atoms with Gasteiger partial charge >= 0.3 is 0 Å². The van der Waals surface area contributed by atoms with Crippen molar-refractivity contribution in [2.24, 2.45) is 0 Å². The minimum absolute atomic E-state index is 0.0142. The Hall–Kier alpha value is -0.800. The van der Waals surface area contributed by atoms with E-state index in [1.165, 1.54) is 0 Å². The first-order valence-corrected chi connectivity index (χ1v) is 7.51. The molecule has 0 radical (unpaired) electrons. The van der Waals surface area contributed by atoms with Crippen LogP contribution in [0.4, 0.5) is 5.82 Å². The molecule has 0 unspecified atom stereocenters. The van der Waals surface area contributed by atoms with Crippen LogP contribution in [0.5, 0.6) is 0 Å². The molecule has 1 aliphatic rings. The minimum Gasteiger partial charge on any atom is -0.377 e. The Kier molecular flexibility index (Phi) is 4.69. The molecule has 1 aliphatic heterocycles. The van der Waals surface area contributed by atoms with Crippen LogP contribution in [-0.4, -0.2) is 30.3 Å². The van der Waals surface area contributed by atoms with Gasteiger partial charge in [0.05, 0.1) is 18.8 Å². The normalized spacial score (nSPS) is 18.6. The minimum atomic E-state index is -0.0142. The Morgan fingerprint density at radius 2 is 2.21 bits per heavy atom. The van der Waals surface area contributed by atoms with Gasteiger partial charge in [-0.15, -0.1) is 11.6 Å². The summed E-state index contributed by atoms with van der Waals surface area (Å²) in [7, 11) is 0. The first kappa shape index (κ1) is 14.6. The second-order valence-electron chi connectivity index (χ2n) is 5.73. The first-order chi connectivity index (χ1) is 9.06. The predicted molar refractivity (Wildman–Crippen MR) is 80.0 cm³/mol. The van der Waals surface area contributed by atoms with E-state index in [9.17, 15) is 0 Å². The van der Waals surface area contributed by atoms with Gasteiger partial charge in [-0.25, -0.2) is 4.98 Å².